The first-order chi connectivity index (χ1) is 17.9. The van der Waals surface area contributed by atoms with E-state index in [0.29, 0.717) is 19.4 Å². The molecule has 1 amide bonds. The Hall–Kier alpha value is -3.45. The summed E-state index contributed by atoms with van der Waals surface area (Å²) in [6.07, 6.45) is 11.0. The quantitative estimate of drug-likeness (QED) is 0.335. The van der Waals surface area contributed by atoms with Crippen molar-refractivity contribution in [3.63, 3.8) is 0 Å². The van der Waals surface area contributed by atoms with E-state index in [1.54, 1.807) is 4.31 Å². The predicted molar refractivity (Wildman–Crippen MR) is 154 cm³/mol. The molecule has 6 nitrogen and oxygen atoms in total. The van der Waals surface area contributed by atoms with E-state index in [9.17, 15) is 9.00 Å². The third-order valence-electron chi connectivity index (χ3n) is 6.73. The van der Waals surface area contributed by atoms with Crippen molar-refractivity contribution in [2.24, 2.45) is 0 Å². The highest BCUT2D eigenvalue weighted by Crippen LogP contribution is 2.26. The van der Waals surface area contributed by atoms with Crippen molar-refractivity contribution in [2.75, 3.05) is 10.8 Å². The van der Waals surface area contributed by atoms with Crippen molar-refractivity contribution in [1.29, 1.82) is 0 Å². The molecule has 0 spiro atoms. The highest BCUT2D eigenvalue weighted by atomic mass is 32.2. The Kier molecular flexibility index (Phi) is 8.77. The fraction of sp³-hybridized carbons (Fsp3) is 0.333. The van der Waals surface area contributed by atoms with Crippen molar-refractivity contribution in [3.05, 3.63) is 89.5 Å². The van der Waals surface area contributed by atoms with E-state index in [1.807, 2.05) is 31.2 Å². The van der Waals surface area contributed by atoms with Crippen LogP contribution in [-0.4, -0.2) is 26.2 Å². The number of nitrogens with one attached hydrogen (secondary N) is 1. The van der Waals surface area contributed by atoms with Crippen LogP contribution in [0.5, 0.6) is 0 Å². The van der Waals surface area contributed by atoms with Crippen molar-refractivity contribution in [2.45, 2.75) is 59.8 Å². The maximum atomic E-state index is 12.5. The summed E-state index contributed by atoms with van der Waals surface area (Å²) < 4.78 is 18.9. The van der Waals surface area contributed by atoms with Gasteiger partial charge in [-0.2, -0.15) is 0 Å². The third kappa shape index (κ3) is 6.46. The second-order valence-corrected chi connectivity index (χ2v) is 10.6. The number of carbonyl (C=O) groups excluding carboxylic acids is 1. The molecule has 7 heteroatoms. The molecular formula is C30H36N4O2S. The highest BCUT2D eigenvalue weighted by Gasteiger charge is 2.23. The van der Waals surface area contributed by atoms with Gasteiger partial charge in [0.1, 0.15) is 5.82 Å². The van der Waals surface area contributed by atoms with E-state index < -0.39 is 11.2 Å². The maximum Gasteiger partial charge on any atom is 0.234 e. The minimum atomic E-state index is -1.58. The molecule has 1 unspecified atom stereocenters. The Morgan fingerprint density at radius 2 is 1.86 bits per heavy atom. The second-order valence-electron chi connectivity index (χ2n) is 9.43. The van der Waals surface area contributed by atoms with Crippen LogP contribution in [0.1, 0.15) is 76.0 Å². The molecule has 4 rings (SSSR count). The zero-order chi connectivity index (χ0) is 26.4. The molecule has 3 aromatic rings. The first kappa shape index (κ1) is 26.6. The number of carbonyl (C=O) groups is 1. The van der Waals surface area contributed by atoms with Gasteiger partial charge in [-0.05, 0) is 67.7 Å². The molecule has 194 valence electrons. The number of anilines is 1. The van der Waals surface area contributed by atoms with Crippen LogP contribution in [-0.2, 0) is 22.4 Å². The van der Waals surface area contributed by atoms with Gasteiger partial charge in [-0.1, -0.05) is 62.2 Å². The van der Waals surface area contributed by atoms with Crippen molar-refractivity contribution < 1.29 is 9.00 Å². The fourth-order valence-electron chi connectivity index (χ4n) is 4.33. The smallest absolute Gasteiger partial charge is 0.234 e. The number of aromatic nitrogens is 2. The van der Waals surface area contributed by atoms with Crippen LogP contribution in [0.3, 0.4) is 0 Å². The van der Waals surface area contributed by atoms with E-state index >= 15 is 0 Å². The standard InChI is InChI=1S/C30H36N4O2S/c1-5-7-8-10-23(4)25-15-13-24(14-16-25)19-29-31-28(22(3)6-2)21-33(29)26-11-9-12-27(20-26)34-18-17-30(35)32-37(34)36/h6,9-16,20-21H,5,7-8,17-19H2,1-4H3,(H,32,35)/b22-6+,23-10+. The van der Waals surface area contributed by atoms with Crippen LogP contribution in [0.15, 0.2) is 66.9 Å². The topological polar surface area (TPSA) is 67.2 Å². The number of imidazole rings is 1. The largest absolute Gasteiger partial charge is 0.303 e. The fourth-order valence-corrected chi connectivity index (χ4v) is 5.29. The van der Waals surface area contributed by atoms with Gasteiger partial charge in [0.05, 0.1) is 11.4 Å². The van der Waals surface area contributed by atoms with Crippen LogP contribution in [0.25, 0.3) is 16.8 Å². The Morgan fingerprint density at radius 1 is 1.11 bits per heavy atom. The molecule has 1 aromatic heterocycles. The van der Waals surface area contributed by atoms with Gasteiger partial charge in [0, 0.05) is 31.3 Å². The van der Waals surface area contributed by atoms with Gasteiger partial charge in [-0.25, -0.2) is 9.19 Å². The average Bonchev–Trinajstić information content (AvgIpc) is 3.32. The summed E-state index contributed by atoms with van der Waals surface area (Å²) in [6.45, 7) is 8.89. The highest BCUT2D eigenvalue weighted by molar-refractivity contribution is 7.85. The Labute approximate surface area is 222 Å². The van der Waals surface area contributed by atoms with Crippen LogP contribution in [0.4, 0.5) is 5.69 Å². The second kappa shape index (κ2) is 12.2. The lowest BCUT2D eigenvalue weighted by Crippen LogP contribution is -2.45. The molecule has 1 aliphatic rings. The van der Waals surface area contributed by atoms with Crippen LogP contribution >= 0.6 is 0 Å². The summed E-state index contributed by atoms with van der Waals surface area (Å²) >= 11 is -1.58. The minimum absolute atomic E-state index is 0.188. The van der Waals surface area contributed by atoms with Crippen molar-refractivity contribution >= 4 is 33.9 Å². The molecule has 2 heterocycles. The molecule has 1 atom stereocenters. The van der Waals surface area contributed by atoms with E-state index in [2.05, 4.69) is 72.7 Å². The van der Waals surface area contributed by atoms with Gasteiger partial charge >= 0.3 is 0 Å². The molecule has 0 radical (unpaired) electrons. The molecule has 0 aliphatic carbocycles. The zero-order valence-corrected chi connectivity index (χ0v) is 23.0. The summed E-state index contributed by atoms with van der Waals surface area (Å²) in [5.41, 5.74) is 7.54. The number of unbranched alkanes of at least 4 members (excludes halogenated alkanes) is 2. The normalized spacial score (nSPS) is 16.7. The number of hydrogen-bond acceptors (Lipinski definition) is 3. The van der Waals surface area contributed by atoms with E-state index in [1.165, 1.54) is 29.5 Å². The lowest BCUT2D eigenvalue weighted by Gasteiger charge is -2.27. The average molecular weight is 517 g/mol. The number of allylic oxidation sites excluding steroid dienone is 4. The monoisotopic (exact) mass is 516 g/mol. The van der Waals surface area contributed by atoms with E-state index in [0.717, 1.165) is 34.9 Å². The summed E-state index contributed by atoms with van der Waals surface area (Å²) in [6, 6.07) is 16.7. The minimum Gasteiger partial charge on any atom is -0.303 e. The Morgan fingerprint density at radius 3 is 2.57 bits per heavy atom. The number of amides is 1. The number of benzene rings is 2. The summed E-state index contributed by atoms with van der Waals surface area (Å²) in [5, 5.41) is 0. The van der Waals surface area contributed by atoms with Crippen molar-refractivity contribution in [1.82, 2.24) is 14.3 Å². The molecular weight excluding hydrogens is 480 g/mol. The molecule has 0 saturated carbocycles. The molecule has 2 aromatic carbocycles. The molecule has 1 saturated heterocycles. The lowest BCUT2D eigenvalue weighted by molar-refractivity contribution is -0.119. The van der Waals surface area contributed by atoms with Gasteiger partial charge in [-0.15, -0.1) is 0 Å². The summed E-state index contributed by atoms with van der Waals surface area (Å²) in [4.78, 5) is 16.6. The van der Waals surface area contributed by atoms with Gasteiger partial charge in [0.15, 0.2) is 0 Å². The molecule has 1 fully saturated rings. The van der Waals surface area contributed by atoms with Crippen LogP contribution in [0, 0.1) is 0 Å². The molecule has 37 heavy (non-hydrogen) atoms. The van der Waals surface area contributed by atoms with Gasteiger partial charge in [0.25, 0.3) is 0 Å². The van der Waals surface area contributed by atoms with Crippen LogP contribution < -0.4 is 9.03 Å². The number of rotatable bonds is 9. The first-order valence-electron chi connectivity index (χ1n) is 13.0. The number of hydrogen-bond donors (Lipinski definition) is 1. The van der Waals surface area contributed by atoms with Gasteiger partial charge in [-0.3, -0.25) is 13.8 Å². The van der Waals surface area contributed by atoms with Gasteiger partial charge in [0.2, 0.25) is 17.1 Å². The molecule has 0 bridgehead atoms. The third-order valence-corrected chi connectivity index (χ3v) is 7.93. The summed E-state index contributed by atoms with van der Waals surface area (Å²) in [7, 11) is 0. The Balaban J connectivity index is 1.63. The first-order valence-corrected chi connectivity index (χ1v) is 14.1. The predicted octanol–water partition coefficient (Wildman–Crippen LogP) is 6.38. The van der Waals surface area contributed by atoms with Crippen molar-refractivity contribution in [3.8, 4) is 5.69 Å². The van der Waals surface area contributed by atoms with E-state index in [4.69, 9.17) is 4.98 Å². The zero-order valence-electron chi connectivity index (χ0n) is 22.2. The lowest BCUT2D eigenvalue weighted by atomic mass is 10.0. The summed E-state index contributed by atoms with van der Waals surface area (Å²) in [5.74, 6) is 0.746. The number of nitrogens with zero attached hydrogens (tertiary/aromatic N) is 3. The molecule has 1 N–H and O–H groups in total. The van der Waals surface area contributed by atoms with Gasteiger partial charge < -0.3 is 4.57 Å². The van der Waals surface area contributed by atoms with E-state index in [-0.39, 0.29) is 5.91 Å². The maximum absolute atomic E-state index is 12.5. The Bertz CT molecular complexity index is 1340. The SMILES string of the molecule is C/C=C(\C)c1cn(-c2cccc(N3CCC(=O)NS3=O)c2)c(Cc2ccc(/C(C)=C/CCCC)cc2)n1. The van der Waals surface area contributed by atoms with Crippen LogP contribution in [0.2, 0.25) is 0 Å². The molecule has 1 aliphatic heterocycles.